The fourth-order valence-corrected chi connectivity index (χ4v) is 3.03. The molecular weight excluding hydrogens is 266 g/mol. The number of anilines is 1. The first kappa shape index (κ1) is 13.8. The summed E-state index contributed by atoms with van der Waals surface area (Å²) in [6.07, 6.45) is 3.07. The minimum absolute atomic E-state index is 0.292. The lowest BCUT2D eigenvalue weighted by Gasteiger charge is -2.28. The van der Waals surface area contributed by atoms with Crippen molar-refractivity contribution < 1.29 is 4.74 Å². The van der Waals surface area contributed by atoms with Gasteiger partial charge in [-0.15, -0.1) is 0 Å². The van der Waals surface area contributed by atoms with Gasteiger partial charge >= 0.3 is 0 Å². The van der Waals surface area contributed by atoms with Gasteiger partial charge in [-0.2, -0.15) is 10.4 Å². The van der Waals surface area contributed by atoms with Crippen LogP contribution in [0.15, 0.2) is 12.3 Å². The van der Waals surface area contributed by atoms with E-state index in [0.717, 1.165) is 36.4 Å². The first-order valence-electron chi connectivity index (χ1n) is 7.37. The number of morpholine rings is 1. The Hall–Kier alpha value is -2.13. The molecular formula is C15H19N5O. The maximum atomic E-state index is 9.34. The summed E-state index contributed by atoms with van der Waals surface area (Å²) in [5.41, 5.74) is 1.44. The zero-order valence-corrected chi connectivity index (χ0v) is 12.6. The Morgan fingerprint density at radius 2 is 2.24 bits per heavy atom. The Balaban J connectivity index is 0.000000636. The second-order valence-corrected chi connectivity index (χ2v) is 5.15. The molecule has 2 fully saturated rings. The molecule has 2 aliphatic rings. The van der Waals surface area contributed by atoms with Crippen molar-refractivity contribution in [3.8, 4) is 6.07 Å². The van der Waals surface area contributed by atoms with Crippen molar-refractivity contribution in [1.29, 1.82) is 5.26 Å². The number of aryl methyl sites for hydroxylation is 1. The van der Waals surface area contributed by atoms with Crippen molar-refractivity contribution in [3.05, 3.63) is 17.8 Å². The second-order valence-electron chi connectivity index (χ2n) is 5.15. The molecule has 2 bridgehead atoms. The van der Waals surface area contributed by atoms with Crippen LogP contribution < -0.4 is 4.90 Å². The highest BCUT2D eigenvalue weighted by Crippen LogP contribution is 2.34. The SMILES string of the molecule is CC.Cn1ncc2cc(C#N)c(N3CC4CC3CO4)nc21. The molecule has 0 aromatic carbocycles. The predicted molar refractivity (Wildman–Crippen MR) is 80.1 cm³/mol. The quantitative estimate of drug-likeness (QED) is 0.800. The van der Waals surface area contributed by atoms with Crippen LogP contribution in [0.3, 0.4) is 0 Å². The third-order valence-corrected chi connectivity index (χ3v) is 3.98. The molecule has 0 aliphatic carbocycles. The molecule has 6 nitrogen and oxygen atoms in total. The minimum Gasteiger partial charge on any atom is -0.374 e. The zero-order chi connectivity index (χ0) is 15.0. The number of rotatable bonds is 1. The summed E-state index contributed by atoms with van der Waals surface area (Å²) in [5.74, 6) is 0.773. The average Bonchev–Trinajstić information content (AvgIpc) is 3.24. The third kappa shape index (κ3) is 2.14. The first-order chi connectivity index (χ1) is 10.3. The summed E-state index contributed by atoms with van der Waals surface area (Å²) in [4.78, 5) is 6.86. The van der Waals surface area contributed by atoms with Crippen molar-refractivity contribution >= 4 is 16.9 Å². The molecule has 0 N–H and O–H groups in total. The highest BCUT2D eigenvalue weighted by Gasteiger charge is 2.40. The van der Waals surface area contributed by atoms with Gasteiger partial charge < -0.3 is 9.64 Å². The molecule has 2 saturated heterocycles. The molecule has 0 radical (unpaired) electrons. The second kappa shape index (κ2) is 5.34. The van der Waals surface area contributed by atoms with E-state index in [1.54, 1.807) is 10.9 Å². The summed E-state index contributed by atoms with van der Waals surface area (Å²) in [7, 11) is 1.87. The average molecular weight is 285 g/mol. The Morgan fingerprint density at radius 1 is 1.43 bits per heavy atom. The van der Waals surface area contributed by atoms with E-state index >= 15 is 0 Å². The lowest BCUT2D eigenvalue weighted by molar-refractivity contribution is 0.0989. The van der Waals surface area contributed by atoms with Gasteiger partial charge in [-0.1, -0.05) is 13.8 Å². The monoisotopic (exact) mass is 285 g/mol. The van der Waals surface area contributed by atoms with Crippen LogP contribution in [0.1, 0.15) is 25.8 Å². The van der Waals surface area contributed by atoms with Crippen LogP contribution >= 0.6 is 0 Å². The van der Waals surface area contributed by atoms with Crippen LogP contribution in [-0.4, -0.2) is 40.1 Å². The number of ether oxygens (including phenoxy) is 1. The van der Waals surface area contributed by atoms with Crippen molar-refractivity contribution in [3.63, 3.8) is 0 Å². The summed E-state index contributed by atoms with van der Waals surface area (Å²) >= 11 is 0. The molecule has 0 spiro atoms. The summed E-state index contributed by atoms with van der Waals surface area (Å²) in [6, 6.07) is 4.48. The zero-order valence-electron chi connectivity index (χ0n) is 12.6. The van der Waals surface area contributed by atoms with Gasteiger partial charge in [0.1, 0.15) is 11.9 Å². The number of nitrogens with zero attached hydrogens (tertiary/aromatic N) is 5. The van der Waals surface area contributed by atoms with Crippen LogP contribution in [-0.2, 0) is 11.8 Å². The summed E-state index contributed by atoms with van der Waals surface area (Å²) in [5, 5.41) is 14.4. The number of hydrogen-bond donors (Lipinski definition) is 0. The molecule has 4 rings (SSSR count). The fraction of sp³-hybridized carbons (Fsp3) is 0.533. The predicted octanol–water partition coefficient (Wildman–Crippen LogP) is 1.84. The van der Waals surface area contributed by atoms with Crippen LogP contribution in [0.5, 0.6) is 0 Å². The summed E-state index contributed by atoms with van der Waals surface area (Å²) < 4.78 is 7.34. The smallest absolute Gasteiger partial charge is 0.159 e. The Bertz CT molecular complexity index is 702. The molecule has 21 heavy (non-hydrogen) atoms. The normalized spacial score (nSPS) is 23.0. The van der Waals surface area contributed by atoms with E-state index in [9.17, 15) is 5.26 Å². The van der Waals surface area contributed by atoms with Crippen molar-refractivity contribution in [2.75, 3.05) is 18.1 Å². The van der Waals surface area contributed by atoms with E-state index in [1.165, 1.54) is 0 Å². The molecule has 2 unspecified atom stereocenters. The molecule has 2 aromatic rings. The van der Waals surface area contributed by atoms with E-state index in [0.29, 0.717) is 17.7 Å². The molecule has 2 atom stereocenters. The van der Waals surface area contributed by atoms with E-state index in [2.05, 4.69) is 21.1 Å². The van der Waals surface area contributed by atoms with Crippen LogP contribution in [0, 0.1) is 11.3 Å². The topological polar surface area (TPSA) is 67.0 Å². The molecule has 6 heteroatoms. The van der Waals surface area contributed by atoms with Crippen molar-refractivity contribution in [2.24, 2.45) is 7.05 Å². The highest BCUT2D eigenvalue weighted by molar-refractivity contribution is 5.80. The van der Waals surface area contributed by atoms with Crippen LogP contribution in [0.25, 0.3) is 11.0 Å². The largest absolute Gasteiger partial charge is 0.374 e. The van der Waals surface area contributed by atoms with Crippen molar-refractivity contribution in [1.82, 2.24) is 14.8 Å². The Morgan fingerprint density at radius 3 is 2.86 bits per heavy atom. The Labute approximate surface area is 123 Å². The van der Waals surface area contributed by atoms with Gasteiger partial charge in [0.15, 0.2) is 5.65 Å². The van der Waals surface area contributed by atoms with Crippen LogP contribution in [0.2, 0.25) is 0 Å². The van der Waals surface area contributed by atoms with E-state index < -0.39 is 0 Å². The van der Waals surface area contributed by atoms with E-state index in [-0.39, 0.29) is 0 Å². The lowest BCUT2D eigenvalue weighted by atomic mass is 10.2. The molecule has 0 amide bonds. The standard InChI is InChI=1S/C13H13N5O.C2H6/c1-17-12-9(5-15-17)2-8(4-14)13(16-12)18-6-11-3-10(18)7-19-11;1-2/h2,5,10-11H,3,6-7H2,1H3;1-2H3. The lowest BCUT2D eigenvalue weighted by Crippen LogP contribution is -2.38. The molecule has 4 heterocycles. The maximum absolute atomic E-state index is 9.34. The molecule has 2 aromatic heterocycles. The number of hydrogen-bond acceptors (Lipinski definition) is 5. The first-order valence-corrected chi connectivity index (χ1v) is 7.37. The van der Waals surface area contributed by atoms with Gasteiger partial charge in [-0.05, 0) is 12.5 Å². The number of nitriles is 1. The van der Waals surface area contributed by atoms with Crippen LogP contribution in [0.4, 0.5) is 5.82 Å². The van der Waals surface area contributed by atoms with Gasteiger partial charge in [-0.25, -0.2) is 4.98 Å². The van der Waals surface area contributed by atoms with E-state index in [4.69, 9.17) is 4.74 Å². The van der Waals surface area contributed by atoms with Gasteiger partial charge in [-0.3, -0.25) is 4.68 Å². The van der Waals surface area contributed by atoms with Gasteiger partial charge in [0.05, 0.1) is 30.5 Å². The minimum atomic E-state index is 0.292. The molecule has 110 valence electrons. The molecule has 2 aliphatic heterocycles. The van der Waals surface area contributed by atoms with E-state index in [1.807, 2.05) is 27.0 Å². The van der Waals surface area contributed by atoms with Gasteiger partial charge in [0, 0.05) is 19.0 Å². The summed E-state index contributed by atoms with van der Waals surface area (Å²) in [6.45, 7) is 5.57. The Kier molecular flexibility index (Phi) is 3.52. The van der Waals surface area contributed by atoms with Gasteiger partial charge in [0.25, 0.3) is 0 Å². The number of aromatic nitrogens is 3. The number of fused-ring (bicyclic) bond motifs is 3. The van der Waals surface area contributed by atoms with Gasteiger partial charge in [0.2, 0.25) is 0 Å². The maximum Gasteiger partial charge on any atom is 0.159 e. The molecule has 0 saturated carbocycles. The highest BCUT2D eigenvalue weighted by atomic mass is 16.5. The number of pyridine rings is 1. The fourth-order valence-electron chi connectivity index (χ4n) is 3.03. The van der Waals surface area contributed by atoms with Crippen molar-refractivity contribution in [2.45, 2.75) is 32.4 Å². The third-order valence-electron chi connectivity index (χ3n) is 3.98.